The second-order valence-electron chi connectivity index (χ2n) is 6.62. The molecule has 0 aliphatic carbocycles. The van der Waals surface area contributed by atoms with Crippen LogP contribution in [0.2, 0.25) is 0 Å². The van der Waals surface area contributed by atoms with Crippen molar-refractivity contribution < 1.29 is 13.6 Å². The molecule has 0 bridgehead atoms. The summed E-state index contributed by atoms with van der Waals surface area (Å²) in [5, 5.41) is 12.4. The molecule has 3 heterocycles. The Morgan fingerprint density at radius 1 is 1.14 bits per heavy atom. The number of hydrogen-bond donors (Lipinski definition) is 0. The molecule has 8 nitrogen and oxygen atoms in total. The maximum atomic E-state index is 13.0. The molecule has 8 heteroatoms. The fourth-order valence-electron chi connectivity index (χ4n) is 3.02. The Morgan fingerprint density at radius 2 is 2.00 bits per heavy atom. The molecule has 29 heavy (non-hydrogen) atoms. The molecule has 0 saturated heterocycles. The van der Waals surface area contributed by atoms with Crippen molar-refractivity contribution in [2.75, 3.05) is 6.54 Å². The van der Waals surface area contributed by atoms with Crippen LogP contribution in [0, 0.1) is 0 Å². The fraction of sp³-hybridized carbons (Fsp3) is 0.238. The van der Waals surface area contributed by atoms with E-state index in [4.69, 9.17) is 8.83 Å². The maximum absolute atomic E-state index is 13.0. The predicted octanol–water partition coefficient (Wildman–Crippen LogP) is 3.63. The maximum Gasteiger partial charge on any atom is 0.283 e. The Morgan fingerprint density at radius 3 is 2.76 bits per heavy atom. The van der Waals surface area contributed by atoms with Gasteiger partial charge < -0.3 is 13.7 Å². The van der Waals surface area contributed by atoms with Crippen LogP contribution in [0.1, 0.15) is 35.2 Å². The Bertz CT molecular complexity index is 1050. The number of amides is 1. The number of hydrogen-bond acceptors (Lipinski definition) is 6. The summed E-state index contributed by atoms with van der Waals surface area (Å²) in [7, 11) is 0. The third-order valence-corrected chi connectivity index (χ3v) is 4.37. The molecule has 0 aliphatic heterocycles. The van der Waals surface area contributed by atoms with Gasteiger partial charge in [0.1, 0.15) is 0 Å². The molecule has 4 rings (SSSR count). The molecule has 0 spiro atoms. The Balaban J connectivity index is 1.46. The van der Waals surface area contributed by atoms with Crippen LogP contribution in [0.3, 0.4) is 0 Å². The zero-order chi connectivity index (χ0) is 20.1. The van der Waals surface area contributed by atoms with Crippen molar-refractivity contribution in [3.8, 4) is 11.7 Å². The van der Waals surface area contributed by atoms with E-state index in [1.165, 1.54) is 0 Å². The highest BCUT2D eigenvalue weighted by Crippen LogP contribution is 2.19. The van der Waals surface area contributed by atoms with Gasteiger partial charge in [0.25, 0.3) is 11.8 Å². The number of nitrogens with zero attached hydrogens (tertiary/aromatic N) is 5. The van der Waals surface area contributed by atoms with Crippen LogP contribution >= 0.6 is 0 Å². The summed E-state index contributed by atoms with van der Waals surface area (Å²) in [4.78, 5) is 14.7. The highest BCUT2D eigenvalue weighted by atomic mass is 16.4. The molecule has 0 unspecified atom stereocenters. The van der Waals surface area contributed by atoms with Gasteiger partial charge in [-0.3, -0.25) is 9.48 Å². The van der Waals surface area contributed by atoms with Crippen molar-refractivity contribution in [2.45, 2.75) is 26.4 Å². The largest absolute Gasteiger partial charge is 0.459 e. The van der Waals surface area contributed by atoms with Crippen LogP contribution in [-0.4, -0.2) is 37.3 Å². The molecule has 0 fully saturated rings. The lowest BCUT2D eigenvalue weighted by Crippen LogP contribution is -2.31. The minimum Gasteiger partial charge on any atom is -0.459 e. The first-order valence-electron chi connectivity index (χ1n) is 9.45. The summed E-state index contributed by atoms with van der Waals surface area (Å²) in [5.74, 6) is 1.03. The predicted molar refractivity (Wildman–Crippen MR) is 105 cm³/mol. The quantitative estimate of drug-likeness (QED) is 0.456. The molecule has 1 amide bonds. The van der Waals surface area contributed by atoms with E-state index in [9.17, 15) is 4.79 Å². The smallest absolute Gasteiger partial charge is 0.283 e. The van der Waals surface area contributed by atoms with Crippen LogP contribution in [0.15, 0.2) is 70.0 Å². The molecule has 0 aliphatic rings. The number of rotatable bonds is 8. The zero-order valence-electron chi connectivity index (χ0n) is 16.1. The van der Waals surface area contributed by atoms with Gasteiger partial charge in [-0.05, 0) is 24.1 Å². The molecular weight excluding hydrogens is 370 g/mol. The summed E-state index contributed by atoms with van der Waals surface area (Å²) in [6.45, 7) is 3.42. The Labute approximate surface area is 167 Å². The molecule has 4 aromatic rings. The standard InChI is InChI=1S/C21H21N5O3/c1-2-10-25(15-19-23-24-20(29-19)18-9-6-11-28-18)21(27)17-12-22-26(14-17)13-16-7-4-3-5-8-16/h3-9,11-12,14H,2,10,13,15H2,1H3. The number of carbonyl (C=O) groups is 1. The van der Waals surface area contributed by atoms with Gasteiger partial charge in [-0.25, -0.2) is 0 Å². The first-order chi connectivity index (χ1) is 14.2. The van der Waals surface area contributed by atoms with Crippen molar-refractivity contribution >= 4 is 5.91 Å². The normalized spacial score (nSPS) is 10.9. The fourth-order valence-corrected chi connectivity index (χ4v) is 3.02. The highest BCUT2D eigenvalue weighted by Gasteiger charge is 2.20. The highest BCUT2D eigenvalue weighted by molar-refractivity contribution is 5.93. The summed E-state index contributed by atoms with van der Waals surface area (Å²) in [5.41, 5.74) is 1.65. The number of benzene rings is 1. The van der Waals surface area contributed by atoms with Crippen LogP contribution in [0.4, 0.5) is 0 Å². The topological polar surface area (TPSA) is 90.2 Å². The van der Waals surface area contributed by atoms with Gasteiger partial charge in [-0.15, -0.1) is 10.2 Å². The van der Waals surface area contributed by atoms with E-state index in [1.54, 1.807) is 40.4 Å². The molecular formula is C21H21N5O3. The van der Waals surface area contributed by atoms with Crippen LogP contribution in [-0.2, 0) is 13.1 Å². The molecule has 0 N–H and O–H groups in total. The zero-order valence-corrected chi connectivity index (χ0v) is 16.1. The van der Waals surface area contributed by atoms with Crippen molar-refractivity contribution in [1.29, 1.82) is 0 Å². The summed E-state index contributed by atoms with van der Waals surface area (Å²) in [6, 6.07) is 13.5. The average Bonchev–Trinajstić information content (AvgIpc) is 3.49. The van der Waals surface area contributed by atoms with E-state index < -0.39 is 0 Å². The van der Waals surface area contributed by atoms with E-state index in [1.807, 2.05) is 37.3 Å². The Kier molecular flexibility index (Phi) is 5.51. The first-order valence-corrected chi connectivity index (χ1v) is 9.45. The Hall–Kier alpha value is -3.68. The van der Waals surface area contributed by atoms with Gasteiger partial charge in [0.2, 0.25) is 5.89 Å². The lowest BCUT2D eigenvalue weighted by molar-refractivity contribution is 0.0728. The van der Waals surface area contributed by atoms with E-state index in [2.05, 4.69) is 15.3 Å². The lowest BCUT2D eigenvalue weighted by atomic mass is 10.2. The SMILES string of the molecule is CCCN(Cc1nnc(-c2ccco2)o1)C(=O)c1cnn(Cc2ccccc2)c1. The van der Waals surface area contributed by atoms with Crippen LogP contribution in [0.5, 0.6) is 0 Å². The van der Waals surface area contributed by atoms with Crippen molar-refractivity contribution in [3.05, 3.63) is 78.1 Å². The number of aromatic nitrogens is 4. The molecule has 0 radical (unpaired) electrons. The monoisotopic (exact) mass is 391 g/mol. The van der Waals surface area contributed by atoms with Gasteiger partial charge in [-0.2, -0.15) is 5.10 Å². The molecule has 3 aromatic heterocycles. The third-order valence-electron chi connectivity index (χ3n) is 4.37. The van der Waals surface area contributed by atoms with E-state index in [-0.39, 0.29) is 12.5 Å². The van der Waals surface area contributed by atoms with Gasteiger partial charge in [-0.1, -0.05) is 37.3 Å². The minimum absolute atomic E-state index is 0.121. The summed E-state index contributed by atoms with van der Waals surface area (Å²) >= 11 is 0. The number of carbonyl (C=O) groups excluding carboxylic acids is 1. The van der Waals surface area contributed by atoms with Crippen LogP contribution in [0.25, 0.3) is 11.7 Å². The summed E-state index contributed by atoms with van der Waals surface area (Å²) in [6.07, 6.45) is 5.71. The van der Waals surface area contributed by atoms with Crippen LogP contribution < -0.4 is 0 Å². The molecule has 0 saturated carbocycles. The van der Waals surface area contributed by atoms with Crippen molar-refractivity contribution in [3.63, 3.8) is 0 Å². The molecule has 0 atom stereocenters. The number of furan rings is 1. The van der Waals surface area contributed by atoms with Gasteiger partial charge >= 0.3 is 0 Å². The first kappa shape index (κ1) is 18.7. The summed E-state index contributed by atoms with van der Waals surface area (Å²) < 4.78 is 12.7. The van der Waals surface area contributed by atoms with Gasteiger partial charge in [0, 0.05) is 12.7 Å². The van der Waals surface area contributed by atoms with Crippen molar-refractivity contribution in [1.82, 2.24) is 24.9 Å². The van der Waals surface area contributed by atoms with E-state index in [0.29, 0.717) is 36.2 Å². The van der Waals surface area contributed by atoms with E-state index in [0.717, 1.165) is 12.0 Å². The van der Waals surface area contributed by atoms with Crippen molar-refractivity contribution in [2.24, 2.45) is 0 Å². The average molecular weight is 391 g/mol. The minimum atomic E-state index is -0.121. The second-order valence-corrected chi connectivity index (χ2v) is 6.62. The van der Waals surface area contributed by atoms with E-state index >= 15 is 0 Å². The lowest BCUT2D eigenvalue weighted by Gasteiger charge is -2.19. The second kappa shape index (κ2) is 8.55. The molecule has 148 valence electrons. The third kappa shape index (κ3) is 4.43. The van der Waals surface area contributed by atoms with Gasteiger partial charge in [0.15, 0.2) is 5.76 Å². The molecule has 1 aromatic carbocycles. The van der Waals surface area contributed by atoms with Gasteiger partial charge in [0.05, 0.1) is 31.1 Å².